The Bertz CT molecular complexity index is 795. The summed E-state index contributed by atoms with van der Waals surface area (Å²) in [6.07, 6.45) is 1.94. The summed E-state index contributed by atoms with van der Waals surface area (Å²) in [5.74, 6) is -0.122. The number of methoxy groups -OCH3 is 1. The molecular formula is C19H18FN3O2. The first kappa shape index (κ1) is 18.0. The van der Waals surface area contributed by atoms with E-state index in [0.29, 0.717) is 24.4 Å². The van der Waals surface area contributed by atoms with Crippen molar-refractivity contribution in [2.75, 3.05) is 19.0 Å². The van der Waals surface area contributed by atoms with Crippen molar-refractivity contribution in [3.63, 3.8) is 0 Å². The van der Waals surface area contributed by atoms with Gasteiger partial charge in [0.2, 0.25) is 0 Å². The highest BCUT2D eigenvalue weighted by molar-refractivity contribution is 6.06. The minimum atomic E-state index is -0.508. The lowest BCUT2D eigenvalue weighted by Gasteiger charge is -2.06. The number of hydrogen-bond acceptors (Lipinski definition) is 4. The molecule has 0 aromatic heterocycles. The minimum Gasteiger partial charge on any atom is -0.497 e. The normalized spacial score (nSPS) is 10.7. The number of amides is 1. The zero-order valence-electron chi connectivity index (χ0n) is 13.8. The lowest BCUT2D eigenvalue weighted by molar-refractivity contribution is -0.112. The smallest absolute Gasteiger partial charge is 0.267 e. The molecule has 0 bridgehead atoms. The molecule has 0 aliphatic rings. The van der Waals surface area contributed by atoms with Gasteiger partial charge in [-0.15, -0.1) is 0 Å². The fourth-order valence-electron chi connectivity index (χ4n) is 2.10. The van der Waals surface area contributed by atoms with E-state index in [1.165, 1.54) is 18.3 Å². The number of rotatable bonds is 7. The molecular weight excluding hydrogens is 321 g/mol. The highest BCUT2D eigenvalue weighted by atomic mass is 19.1. The quantitative estimate of drug-likeness (QED) is 0.462. The number of anilines is 1. The van der Waals surface area contributed by atoms with Crippen molar-refractivity contribution >= 4 is 11.6 Å². The van der Waals surface area contributed by atoms with Crippen LogP contribution in [0.1, 0.15) is 5.56 Å². The molecule has 0 heterocycles. The van der Waals surface area contributed by atoms with Crippen molar-refractivity contribution in [2.24, 2.45) is 0 Å². The molecule has 0 aliphatic carbocycles. The third-order valence-electron chi connectivity index (χ3n) is 3.41. The molecule has 5 nitrogen and oxygen atoms in total. The van der Waals surface area contributed by atoms with Crippen LogP contribution in [-0.2, 0) is 11.2 Å². The molecule has 6 heteroatoms. The maximum Gasteiger partial charge on any atom is 0.267 e. The van der Waals surface area contributed by atoms with Crippen LogP contribution in [0.5, 0.6) is 5.75 Å². The van der Waals surface area contributed by atoms with Crippen molar-refractivity contribution in [1.29, 1.82) is 5.26 Å². The van der Waals surface area contributed by atoms with Crippen molar-refractivity contribution in [3.05, 3.63) is 71.7 Å². The van der Waals surface area contributed by atoms with Gasteiger partial charge >= 0.3 is 0 Å². The molecule has 2 N–H and O–H groups in total. The summed E-state index contributed by atoms with van der Waals surface area (Å²) in [7, 11) is 1.56. The fourth-order valence-corrected chi connectivity index (χ4v) is 2.10. The summed E-state index contributed by atoms with van der Waals surface area (Å²) in [5.41, 5.74) is 1.35. The average Bonchev–Trinajstić information content (AvgIpc) is 2.62. The first-order valence-corrected chi connectivity index (χ1v) is 7.66. The highest BCUT2D eigenvalue weighted by Crippen LogP contribution is 2.15. The lowest BCUT2D eigenvalue weighted by atomic mass is 10.1. The van der Waals surface area contributed by atoms with Crippen LogP contribution < -0.4 is 15.4 Å². The van der Waals surface area contributed by atoms with E-state index in [1.54, 1.807) is 37.4 Å². The molecule has 0 unspecified atom stereocenters. The molecule has 25 heavy (non-hydrogen) atoms. The largest absolute Gasteiger partial charge is 0.497 e. The minimum absolute atomic E-state index is 0.0462. The SMILES string of the molecule is COc1ccc(NC(=O)/C(C#N)=C\NCCc2cccc(F)c2)cc1. The fraction of sp³-hybridized carbons (Fsp3) is 0.158. The number of halogens is 1. The molecule has 2 aromatic rings. The molecule has 0 spiro atoms. The van der Waals surface area contributed by atoms with Crippen molar-refractivity contribution in [3.8, 4) is 11.8 Å². The summed E-state index contributed by atoms with van der Waals surface area (Å²) in [6.45, 7) is 0.477. The lowest BCUT2D eigenvalue weighted by Crippen LogP contribution is -2.18. The summed E-state index contributed by atoms with van der Waals surface area (Å²) in [6, 6.07) is 14.9. The summed E-state index contributed by atoms with van der Waals surface area (Å²) >= 11 is 0. The Balaban J connectivity index is 1.87. The van der Waals surface area contributed by atoms with Crippen LogP contribution in [0.2, 0.25) is 0 Å². The van der Waals surface area contributed by atoms with Crippen LogP contribution >= 0.6 is 0 Å². The van der Waals surface area contributed by atoms with E-state index in [1.807, 2.05) is 12.1 Å². The van der Waals surface area contributed by atoms with Gasteiger partial charge < -0.3 is 15.4 Å². The van der Waals surface area contributed by atoms with Gasteiger partial charge in [-0.1, -0.05) is 12.1 Å². The number of nitrogens with one attached hydrogen (secondary N) is 2. The molecule has 0 fully saturated rings. The topological polar surface area (TPSA) is 74.1 Å². The van der Waals surface area contributed by atoms with E-state index >= 15 is 0 Å². The number of carbonyl (C=O) groups is 1. The zero-order chi connectivity index (χ0) is 18.1. The van der Waals surface area contributed by atoms with E-state index in [-0.39, 0.29) is 11.4 Å². The Morgan fingerprint density at radius 1 is 1.28 bits per heavy atom. The average molecular weight is 339 g/mol. The van der Waals surface area contributed by atoms with Gasteiger partial charge in [0.05, 0.1) is 7.11 Å². The van der Waals surface area contributed by atoms with Gasteiger partial charge in [0.1, 0.15) is 23.2 Å². The maximum absolute atomic E-state index is 13.1. The van der Waals surface area contributed by atoms with Crippen LogP contribution in [0.15, 0.2) is 60.3 Å². The van der Waals surface area contributed by atoms with Crippen LogP contribution in [0.3, 0.4) is 0 Å². The zero-order valence-corrected chi connectivity index (χ0v) is 13.8. The number of hydrogen-bond donors (Lipinski definition) is 2. The number of nitriles is 1. The standard InChI is InChI=1S/C19H18FN3O2/c1-25-18-7-5-17(6-8-18)23-19(24)15(12-21)13-22-10-9-14-3-2-4-16(20)11-14/h2-8,11,13,22H,9-10H2,1H3,(H,23,24)/b15-13-. The molecule has 2 aromatic carbocycles. The van der Waals surface area contributed by atoms with Crippen molar-refractivity contribution in [1.82, 2.24) is 5.32 Å². The molecule has 128 valence electrons. The second kappa shape index (κ2) is 9.08. The van der Waals surface area contributed by atoms with E-state index < -0.39 is 5.91 Å². The number of benzene rings is 2. The number of carbonyl (C=O) groups excluding carboxylic acids is 1. The Hall–Kier alpha value is -3.33. The molecule has 0 saturated heterocycles. The van der Waals surface area contributed by atoms with Gasteiger partial charge in [0.25, 0.3) is 5.91 Å². The Kier molecular flexibility index (Phi) is 6.55. The second-order valence-electron chi connectivity index (χ2n) is 5.19. The van der Waals surface area contributed by atoms with Gasteiger partial charge in [-0.3, -0.25) is 4.79 Å². The molecule has 0 radical (unpaired) electrons. The first-order valence-electron chi connectivity index (χ1n) is 7.66. The van der Waals surface area contributed by atoms with Crippen LogP contribution in [0, 0.1) is 17.1 Å². The van der Waals surface area contributed by atoms with Gasteiger partial charge in [-0.05, 0) is 48.4 Å². The molecule has 1 amide bonds. The molecule has 0 saturated carbocycles. The third-order valence-corrected chi connectivity index (χ3v) is 3.41. The van der Waals surface area contributed by atoms with E-state index in [0.717, 1.165) is 5.56 Å². The predicted molar refractivity (Wildman–Crippen MR) is 93.4 cm³/mol. The molecule has 0 atom stereocenters. The van der Waals surface area contributed by atoms with Gasteiger partial charge in [0, 0.05) is 18.4 Å². The van der Waals surface area contributed by atoms with E-state index in [2.05, 4.69) is 10.6 Å². The summed E-state index contributed by atoms with van der Waals surface area (Å²) in [4.78, 5) is 12.1. The van der Waals surface area contributed by atoms with Crippen LogP contribution in [0.4, 0.5) is 10.1 Å². The maximum atomic E-state index is 13.1. The van der Waals surface area contributed by atoms with Gasteiger partial charge in [0.15, 0.2) is 0 Å². The van der Waals surface area contributed by atoms with Crippen molar-refractivity contribution in [2.45, 2.75) is 6.42 Å². The Morgan fingerprint density at radius 3 is 2.68 bits per heavy atom. The first-order chi connectivity index (χ1) is 12.1. The third kappa shape index (κ3) is 5.66. The van der Waals surface area contributed by atoms with Gasteiger partial charge in [-0.2, -0.15) is 5.26 Å². The summed E-state index contributed by atoms with van der Waals surface area (Å²) < 4.78 is 18.1. The number of nitrogens with zero attached hydrogens (tertiary/aromatic N) is 1. The monoisotopic (exact) mass is 339 g/mol. The predicted octanol–water partition coefficient (Wildman–Crippen LogP) is 3.01. The summed E-state index contributed by atoms with van der Waals surface area (Å²) in [5, 5.41) is 14.7. The second-order valence-corrected chi connectivity index (χ2v) is 5.19. The molecule has 0 aliphatic heterocycles. The van der Waals surface area contributed by atoms with Gasteiger partial charge in [-0.25, -0.2) is 4.39 Å². The van der Waals surface area contributed by atoms with Crippen molar-refractivity contribution < 1.29 is 13.9 Å². The van der Waals surface area contributed by atoms with E-state index in [9.17, 15) is 9.18 Å². The molecule has 2 rings (SSSR count). The van der Waals surface area contributed by atoms with E-state index in [4.69, 9.17) is 10.00 Å². The number of ether oxygens (including phenoxy) is 1. The van der Waals surface area contributed by atoms with Crippen LogP contribution in [-0.4, -0.2) is 19.6 Å². The van der Waals surface area contributed by atoms with Crippen LogP contribution in [0.25, 0.3) is 0 Å². The Morgan fingerprint density at radius 2 is 2.04 bits per heavy atom. The highest BCUT2D eigenvalue weighted by Gasteiger charge is 2.09. The Labute approximate surface area is 145 Å².